The third-order valence-corrected chi connectivity index (χ3v) is 5.26. The first-order valence-electron chi connectivity index (χ1n) is 9.91. The number of benzene rings is 3. The van der Waals surface area contributed by atoms with Gasteiger partial charge in [-0.25, -0.2) is 0 Å². The van der Waals surface area contributed by atoms with Crippen LogP contribution < -0.4 is 24.8 Å². The Balaban J connectivity index is 1.49. The summed E-state index contributed by atoms with van der Waals surface area (Å²) in [5.74, 6) is 1.02. The maximum Gasteiger partial charge on any atom is 0.255 e. The molecule has 0 atom stereocenters. The van der Waals surface area contributed by atoms with E-state index in [4.69, 9.17) is 25.8 Å². The molecule has 8 heteroatoms. The smallest absolute Gasteiger partial charge is 0.255 e. The Morgan fingerprint density at radius 2 is 1.56 bits per heavy atom. The molecule has 0 saturated carbocycles. The van der Waals surface area contributed by atoms with Crippen LogP contribution in [0.25, 0.3) is 0 Å². The van der Waals surface area contributed by atoms with Gasteiger partial charge in [-0.1, -0.05) is 17.7 Å². The second-order valence-electron chi connectivity index (χ2n) is 7.15. The van der Waals surface area contributed by atoms with Crippen LogP contribution in [0.3, 0.4) is 0 Å². The number of amides is 2. The van der Waals surface area contributed by atoms with Crippen LogP contribution in [0.5, 0.6) is 17.2 Å². The van der Waals surface area contributed by atoms with Crippen molar-refractivity contribution in [3.63, 3.8) is 0 Å². The van der Waals surface area contributed by atoms with Crippen molar-refractivity contribution < 1.29 is 23.8 Å². The van der Waals surface area contributed by atoms with Crippen LogP contribution in [0.1, 0.15) is 26.3 Å². The molecule has 1 aliphatic rings. The number of carbonyl (C=O) groups is 2. The van der Waals surface area contributed by atoms with Crippen LogP contribution in [-0.4, -0.2) is 32.1 Å². The zero-order valence-electron chi connectivity index (χ0n) is 17.5. The molecule has 4 rings (SSSR count). The summed E-state index contributed by atoms with van der Waals surface area (Å²) in [5.41, 5.74) is 2.78. The van der Waals surface area contributed by atoms with Gasteiger partial charge in [-0.05, 0) is 61.0 Å². The van der Waals surface area contributed by atoms with Gasteiger partial charge in [-0.15, -0.1) is 0 Å². The topological polar surface area (TPSA) is 85.9 Å². The van der Waals surface area contributed by atoms with Crippen LogP contribution in [0, 0.1) is 6.92 Å². The third-order valence-electron chi connectivity index (χ3n) is 4.96. The Morgan fingerprint density at radius 1 is 0.875 bits per heavy atom. The van der Waals surface area contributed by atoms with Crippen molar-refractivity contribution >= 4 is 34.8 Å². The van der Waals surface area contributed by atoms with Gasteiger partial charge in [0.15, 0.2) is 11.5 Å². The van der Waals surface area contributed by atoms with Crippen LogP contribution in [0.4, 0.5) is 11.4 Å². The minimum Gasteiger partial charge on any atom is -0.495 e. The minimum atomic E-state index is -0.326. The van der Waals surface area contributed by atoms with Crippen LogP contribution in [-0.2, 0) is 0 Å². The minimum absolute atomic E-state index is 0.301. The fourth-order valence-corrected chi connectivity index (χ4v) is 3.48. The number of aryl methyl sites for hydroxylation is 1. The standard InChI is InChI=1S/C24H21ClN2O5/c1-14-3-6-17(26-23(28)16-5-8-21-22(12-16)32-10-9-31-21)13-19(14)27-24(29)15-4-7-20(30-2)18(25)11-15/h3-8,11-13H,9-10H2,1-2H3,(H,26,28)(H,27,29). The van der Waals surface area contributed by atoms with Crippen molar-refractivity contribution in [2.24, 2.45) is 0 Å². The summed E-state index contributed by atoms with van der Waals surface area (Å²) in [6.07, 6.45) is 0. The molecule has 3 aromatic rings. The van der Waals surface area contributed by atoms with E-state index in [1.54, 1.807) is 48.5 Å². The zero-order chi connectivity index (χ0) is 22.7. The van der Waals surface area contributed by atoms with Crippen molar-refractivity contribution in [1.82, 2.24) is 0 Å². The zero-order valence-corrected chi connectivity index (χ0v) is 18.3. The van der Waals surface area contributed by atoms with Gasteiger partial charge in [0.05, 0.1) is 12.1 Å². The summed E-state index contributed by atoms with van der Waals surface area (Å²) in [5, 5.41) is 6.05. The van der Waals surface area contributed by atoms with Gasteiger partial charge < -0.3 is 24.8 Å². The van der Waals surface area contributed by atoms with Gasteiger partial charge in [0.2, 0.25) is 0 Å². The lowest BCUT2D eigenvalue weighted by Gasteiger charge is -2.18. The lowest BCUT2D eigenvalue weighted by molar-refractivity contribution is 0.101. The van der Waals surface area contributed by atoms with E-state index in [-0.39, 0.29) is 11.8 Å². The lowest BCUT2D eigenvalue weighted by atomic mass is 10.1. The molecule has 0 aliphatic carbocycles. The number of rotatable bonds is 5. The number of ether oxygens (including phenoxy) is 3. The Morgan fingerprint density at radius 3 is 2.31 bits per heavy atom. The van der Waals surface area contributed by atoms with Gasteiger partial charge in [0.25, 0.3) is 11.8 Å². The second kappa shape index (κ2) is 9.20. The van der Waals surface area contributed by atoms with E-state index in [2.05, 4.69) is 10.6 Å². The molecular weight excluding hydrogens is 432 g/mol. The van der Waals surface area contributed by atoms with E-state index < -0.39 is 0 Å². The van der Waals surface area contributed by atoms with Crippen molar-refractivity contribution in [2.45, 2.75) is 6.92 Å². The molecular formula is C24H21ClN2O5. The lowest BCUT2D eigenvalue weighted by Crippen LogP contribution is -2.17. The van der Waals surface area contributed by atoms with E-state index >= 15 is 0 Å². The largest absolute Gasteiger partial charge is 0.495 e. The van der Waals surface area contributed by atoms with Gasteiger partial charge in [-0.2, -0.15) is 0 Å². The third kappa shape index (κ3) is 4.63. The first-order valence-corrected chi connectivity index (χ1v) is 10.3. The van der Waals surface area contributed by atoms with Crippen molar-refractivity contribution in [3.05, 3.63) is 76.3 Å². The first kappa shape index (κ1) is 21.5. The average molecular weight is 453 g/mol. The summed E-state index contributed by atoms with van der Waals surface area (Å²) in [7, 11) is 1.51. The van der Waals surface area contributed by atoms with E-state index in [0.717, 1.165) is 5.56 Å². The molecule has 0 fully saturated rings. The van der Waals surface area contributed by atoms with Crippen LogP contribution >= 0.6 is 11.6 Å². The van der Waals surface area contributed by atoms with Gasteiger partial charge in [-0.3, -0.25) is 9.59 Å². The molecule has 1 heterocycles. The molecule has 0 saturated heterocycles. The number of methoxy groups -OCH3 is 1. The fourth-order valence-electron chi connectivity index (χ4n) is 3.22. The first-order chi connectivity index (χ1) is 15.4. The van der Waals surface area contributed by atoms with Gasteiger partial charge in [0, 0.05) is 22.5 Å². The summed E-state index contributed by atoms with van der Waals surface area (Å²) < 4.78 is 16.1. The van der Waals surface area contributed by atoms with E-state index in [1.807, 2.05) is 13.0 Å². The molecule has 3 aromatic carbocycles. The Bertz CT molecular complexity index is 1200. The number of nitrogens with one attached hydrogen (secondary N) is 2. The van der Waals surface area contributed by atoms with Gasteiger partial charge >= 0.3 is 0 Å². The molecule has 7 nitrogen and oxygen atoms in total. The number of hydrogen-bond acceptors (Lipinski definition) is 5. The molecule has 164 valence electrons. The molecule has 0 bridgehead atoms. The molecule has 32 heavy (non-hydrogen) atoms. The molecule has 2 amide bonds. The number of halogens is 1. The molecule has 0 aromatic heterocycles. The monoisotopic (exact) mass is 452 g/mol. The quantitative estimate of drug-likeness (QED) is 0.573. The Kier molecular flexibility index (Phi) is 6.18. The van der Waals surface area contributed by atoms with Crippen molar-refractivity contribution in [2.75, 3.05) is 31.0 Å². The molecule has 2 N–H and O–H groups in total. The maximum absolute atomic E-state index is 12.7. The second-order valence-corrected chi connectivity index (χ2v) is 7.55. The normalized spacial score (nSPS) is 12.1. The summed E-state index contributed by atoms with van der Waals surface area (Å²) >= 11 is 6.12. The van der Waals surface area contributed by atoms with E-state index in [1.165, 1.54) is 7.11 Å². The molecule has 0 unspecified atom stereocenters. The highest BCUT2D eigenvalue weighted by Gasteiger charge is 2.16. The predicted octanol–water partition coefficient (Wildman–Crippen LogP) is 4.93. The van der Waals surface area contributed by atoms with Gasteiger partial charge in [0.1, 0.15) is 19.0 Å². The highest BCUT2D eigenvalue weighted by Crippen LogP contribution is 2.31. The van der Waals surface area contributed by atoms with E-state index in [0.29, 0.717) is 58.0 Å². The number of hydrogen-bond donors (Lipinski definition) is 2. The SMILES string of the molecule is COc1ccc(C(=O)Nc2cc(NC(=O)c3ccc4c(c3)OCCO4)ccc2C)cc1Cl. The molecule has 0 spiro atoms. The van der Waals surface area contributed by atoms with Crippen molar-refractivity contribution in [1.29, 1.82) is 0 Å². The molecule has 0 radical (unpaired) electrons. The summed E-state index contributed by atoms with van der Waals surface area (Å²) in [4.78, 5) is 25.4. The summed E-state index contributed by atoms with van der Waals surface area (Å²) in [6, 6.07) is 15.1. The fraction of sp³-hybridized carbons (Fsp3) is 0.167. The number of carbonyl (C=O) groups excluding carboxylic acids is 2. The predicted molar refractivity (Wildman–Crippen MR) is 123 cm³/mol. The Hall–Kier alpha value is -3.71. The highest BCUT2D eigenvalue weighted by molar-refractivity contribution is 6.32. The van der Waals surface area contributed by atoms with Crippen molar-refractivity contribution in [3.8, 4) is 17.2 Å². The maximum atomic E-state index is 12.7. The summed E-state index contributed by atoms with van der Waals surface area (Å²) in [6.45, 7) is 2.79. The average Bonchev–Trinajstić information content (AvgIpc) is 2.80. The number of anilines is 2. The van der Waals surface area contributed by atoms with E-state index in [9.17, 15) is 9.59 Å². The Labute approximate surface area is 190 Å². The highest BCUT2D eigenvalue weighted by atomic mass is 35.5. The number of fused-ring (bicyclic) bond motifs is 1. The van der Waals surface area contributed by atoms with Crippen LogP contribution in [0.2, 0.25) is 5.02 Å². The molecule has 1 aliphatic heterocycles. The van der Waals surface area contributed by atoms with Crippen LogP contribution in [0.15, 0.2) is 54.6 Å².